The van der Waals surface area contributed by atoms with Gasteiger partial charge in [-0.25, -0.2) is 4.79 Å². The number of ether oxygens (including phenoxy) is 2. The number of hydroxylamine groups is 2. The lowest BCUT2D eigenvalue weighted by Gasteiger charge is -2.22. The molecule has 1 aliphatic heterocycles. The molecular formula is C14H19NO5. The zero-order valence-corrected chi connectivity index (χ0v) is 11.7. The monoisotopic (exact) mass is 281 g/mol. The third-order valence-corrected chi connectivity index (χ3v) is 3.46. The van der Waals surface area contributed by atoms with Crippen LogP contribution in [0.1, 0.15) is 19.3 Å². The number of esters is 2. The topological polar surface area (TPSA) is 65.1 Å². The molecule has 0 unspecified atom stereocenters. The second-order valence-corrected chi connectivity index (χ2v) is 4.68. The van der Waals surface area contributed by atoms with Crippen LogP contribution < -0.4 is 0 Å². The van der Waals surface area contributed by atoms with Crippen molar-refractivity contribution >= 4 is 11.9 Å². The van der Waals surface area contributed by atoms with Crippen LogP contribution in [0.2, 0.25) is 0 Å². The fraction of sp³-hybridized carbons (Fsp3) is 0.571. The van der Waals surface area contributed by atoms with E-state index < -0.39 is 12.1 Å². The van der Waals surface area contributed by atoms with Crippen molar-refractivity contribution in [3.63, 3.8) is 0 Å². The molecule has 0 aromatic heterocycles. The van der Waals surface area contributed by atoms with Crippen molar-refractivity contribution in [1.82, 2.24) is 5.06 Å². The van der Waals surface area contributed by atoms with Gasteiger partial charge < -0.3 is 9.47 Å². The SMILES string of the molecule is COC(=O)CCN1O[C@@H](C(=O)OC)C[C@H]1C1=CCC=C1. The highest BCUT2D eigenvalue weighted by Gasteiger charge is 2.39. The number of hydrogen-bond acceptors (Lipinski definition) is 6. The molecule has 2 rings (SSSR count). The average molecular weight is 281 g/mol. The van der Waals surface area contributed by atoms with Crippen molar-refractivity contribution in [2.45, 2.75) is 31.4 Å². The largest absolute Gasteiger partial charge is 0.469 e. The van der Waals surface area contributed by atoms with Gasteiger partial charge >= 0.3 is 11.9 Å². The van der Waals surface area contributed by atoms with Gasteiger partial charge in [-0.15, -0.1) is 0 Å². The summed E-state index contributed by atoms with van der Waals surface area (Å²) in [4.78, 5) is 28.5. The average Bonchev–Trinajstić information content (AvgIpc) is 3.12. The van der Waals surface area contributed by atoms with E-state index in [2.05, 4.69) is 16.9 Å². The molecule has 1 fully saturated rings. The van der Waals surface area contributed by atoms with Crippen LogP contribution in [0, 0.1) is 0 Å². The number of carbonyl (C=O) groups is 2. The third-order valence-electron chi connectivity index (χ3n) is 3.46. The third kappa shape index (κ3) is 3.26. The zero-order chi connectivity index (χ0) is 14.5. The molecule has 0 radical (unpaired) electrons. The van der Waals surface area contributed by atoms with Crippen molar-refractivity contribution in [2.75, 3.05) is 20.8 Å². The van der Waals surface area contributed by atoms with Crippen molar-refractivity contribution in [3.05, 3.63) is 23.8 Å². The van der Waals surface area contributed by atoms with Crippen LogP contribution in [0.5, 0.6) is 0 Å². The maximum absolute atomic E-state index is 11.6. The highest BCUT2D eigenvalue weighted by atomic mass is 16.7. The van der Waals surface area contributed by atoms with Crippen molar-refractivity contribution in [3.8, 4) is 0 Å². The Hall–Kier alpha value is -1.66. The molecule has 0 aromatic rings. The van der Waals surface area contributed by atoms with E-state index in [1.54, 1.807) is 5.06 Å². The van der Waals surface area contributed by atoms with Crippen molar-refractivity contribution in [1.29, 1.82) is 0 Å². The normalized spacial score (nSPS) is 25.6. The van der Waals surface area contributed by atoms with Gasteiger partial charge in [0, 0.05) is 13.0 Å². The van der Waals surface area contributed by atoms with Gasteiger partial charge in [0.25, 0.3) is 0 Å². The molecule has 0 saturated carbocycles. The Morgan fingerprint density at radius 3 is 2.80 bits per heavy atom. The summed E-state index contributed by atoms with van der Waals surface area (Å²) < 4.78 is 9.35. The molecule has 0 N–H and O–H groups in total. The number of carbonyl (C=O) groups excluding carboxylic acids is 2. The lowest BCUT2D eigenvalue weighted by atomic mass is 10.0. The van der Waals surface area contributed by atoms with E-state index in [0.717, 1.165) is 12.0 Å². The fourth-order valence-electron chi connectivity index (χ4n) is 2.41. The molecule has 0 spiro atoms. The Morgan fingerprint density at radius 1 is 1.40 bits per heavy atom. The lowest BCUT2D eigenvalue weighted by molar-refractivity contribution is -0.186. The molecule has 6 nitrogen and oxygen atoms in total. The number of rotatable bonds is 5. The Kier molecular flexibility index (Phi) is 4.92. The predicted octanol–water partition coefficient (Wildman–Crippen LogP) is 0.983. The van der Waals surface area contributed by atoms with E-state index in [0.29, 0.717) is 13.0 Å². The van der Waals surface area contributed by atoms with E-state index >= 15 is 0 Å². The molecule has 1 aliphatic carbocycles. The smallest absolute Gasteiger partial charge is 0.337 e. The van der Waals surface area contributed by atoms with E-state index in [1.807, 2.05) is 6.08 Å². The molecule has 0 aromatic carbocycles. The van der Waals surface area contributed by atoms with Crippen LogP contribution in [0.4, 0.5) is 0 Å². The summed E-state index contributed by atoms with van der Waals surface area (Å²) in [5, 5.41) is 1.68. The standard InChI is InChI=1S/C14H19NO5/c1-18-13(16)7-8-15-11(10-5-3-4-6-10)9-12(20-15)14(17)19-2/h3,5-6,11-12H,4,7-9H2,1-2H3/t11-,12+/m0/s1. The van der Waals surface area contributed by atoms with Gasteiger partial charge in [0.1, 0.15) is 0 Å². The maximum Gasteiger partial charge on any atom is 0.337 e. The lowest BCUT2D eigenvalue weighted by Crippen LogP contribution is -2.32. The first-order valence-corrected chi connectivity index (χ1v) is 6.60. The second kappa shape index (κ2) is 6.67. The molecular weight excluding hydrogens is 262 g/mol. The summed E-state index contributed by atoms with van der Waals surface area (Å²) in [7, 11) is 2.69. The van der Waals surface area contributed by atoms with Crippen LogP contribution in [-0.2, 0) is 23.9 Å². The van der Waals surface area contributed by atoms with Crippen LogP contribution >= 0.6 is 0 Å². The Labute approximate surface area is 117 Å². The van der Waals surface area contributed by atoms with Gasteiger partial charge in [-0.1, -0.05) is 18.2 Å². The Morgan fingerprint density at radius 2 is 2.20 bits per heavy atom. The highest BCUT2D eigenvalue weighted by molar-refractivity contribution is 5.75. The Balaban J connectivity index is 2.03. The van der Waals surface area contributed by atoms with Crippen LogP contribution in [0.3, 0.4) is 0 Å². The summed E-state index contributed by atoms with van der Waals surface area (Å²) in [5.74, 6) is -0.692. The van der Waals surface area contributed by atoms with Crippen molar-refractivity contribution < 1.29 is 23.9 Å². The predicted molar refractivity (Wildman–Crippen MR) is 70.5 cm³/mol. The minimum absolute atomic E-state index is 0.0255. The van der Waals surface area contributed by atoms with Gasteiger partial charge in [0.2, 0.25) is 0 Å². The van der Waals surface area contributed by atoms with Gasteiger partial charge in [0.15, 0.2) is 6.10 Å². The number of methoxy groups -OCH3 is 2. The van der Waals surface area contributed by atoms with Crippen LogP contribution in [-0.4, -0.2) is 49.9 Å². The molecule has 0 bridgehead atoms. The fourth-order valence-corrected chi connectivity index (χ4v) is 2.41. The highest BCUT2D eigenvalue weighted by Crippen LogP contribution is 2.30. The molecule has 0 amide bonds. The number of allylic oxidation sites excluding steroid dienone is 2. The number of hydrogen-bond donors (Lipinski definition) is 0. The summed E-state index contributed by atoms with van der Waals surface area (Å²) in [6.45, 7) is 0.385. The summed E-state index contributed by atoms with van der Waals surface area (Å²) in [6.07, 6.45) is 7.20. The quantitative estimate of drug-likeness (QED) is 0.700. The van der Waals surface area contributed by atoms with Crippen molar-refractivity contribution in [2.24, 2.45) is 0 Å². The molecule has 20 heavy (non-hydrogen) atoms. The summed E-state index contributed by atoms with van der Waals surface area (Å²) in [6, 6.07) is -0.0255. The van der Waals surface area contributed by atoms with E-state index in [9.17, 15) is 9.59 Å². The van der Waals surface area contributed by atoms with Gasteiger partial charge in [0.05, 0.1) is 26.7 Å². The summed E-state index contributed by atoms with van der Waals surface area (Å²) >= 11 is 0. The molecule has 6 heteroatoms. The summed E-state index contributed by atoms with van der Waals surface area (Å²) in [5.41, 5.74) is 1.11. The molecule has 2 atom stereocenters. The van der Waals surface area contributed by atoms with Crippen LogP contribution in [0.25, 0.3) is 0 Å². The minimum atomic E-state index is -0.613. The molecule has 1 saturated heterocycles. The van der Waals surface area contributed by atoms with Gasteiger partial charge in [-0.2, -0.15) is 5.06 Å². The van der Waals surface area contributed by atoms with Gasteiger partial charge in [-0.05, 0) is 12.0 Å². The first-order valence-electron chi connectivity index (χ1n) is 6.60. The zero-order valence-electron chi connectivity index (χ0n) is 11.7. The molecule has 2 aliphatic rings. The molecule has 110 valence electrons. The second-order valence-electron chi connectivity index (χ2n) is 4.68. The first kappa shape index (κ1) is 14.7. The maximum atomic E-state index is 11.6. The first-order chi connectivity index (χ1) is 9.65. The number of nitrogens with zero attached hydrogens (tertiary/aromatic N) is 1. The van der Waals surface area contributed by atoms with Gasteiger partial charge in [-0.3, -0.25) is 9.63 Å². The van der Waals surface area contributed by atoms with E-state index in [-0.39, 0.29) is 18.4 Å². The van der Waals surface area contributed by atoms with E-state index in [1.165, 1.54) is 14.2 Å². The van der Waals surface area contributed by atoms with Crippen LogP contribution in [0.15, 0.2) is 23.8 Å². The van der Waals surface area contributed by atoms with E-state index in [4.69, 9.17) is 9.57 Å². The molecule has 1 heterocycles. The Bertz CT molecular complexity index is 443. The minimum Gasteiger partial charge on any atom is -0.469 e.